The van der Waals surface area contributed by atoms with Crippen molar-refractivity contribution in [3.8, 4) is 0 Å². The van der Waals surface area contributed by atoms with Gasteiger partial charge in [0, 0.05) is 0 Å². The van der Waals surface area contributed by atoms with E-state index in [1.165, 1.54) is 0 Å². The Morgan fingerprint density at radius 1 is 1.38 bits per heavy atom. The lowest BCUT2D eigenvalue weighted by atomic mass is 10.2. The van der Waals surface area contributed by atoms with Crippen molar-refractivity contribution in [2.24, 2.45) is 5.73 Å². The Morgan fingerprint density at radius 2 is 1.77 bits per heavy atom. The minimum Gasteiger partial charge on any atom is -0.518 e. The average Bonchev–Trinajstić information content (AvgIpc) is 1.83. The molecule has 0 aliphatic heterocycles. The molecular formula is C9H21NO2Si. The summed E-state index contributed by atoms with van der Waals surface area (Å²) in [7, 11) is -1.96. The van der Waals surface area contributed by atoms with Crippen LogP contribution in [0.15, 0.2) is 0 Å². The van der Waals surface area contributed by atoms with Crippen molar-refractivity contribution in [2.75, 3.05) is 0 Å². The summed E-state index contributed by atoms with van der Waals surface area (Å²) in [5.41, 5.74) is 5.43. The van der Waals surface area contributed by atoms with Crippen molar-refractivity contribution in [2.45, 2.75) is 51.9 Å². The van der Waals surface area contributed by atoms with Gasteiger partial charge in [0.25, 0.3) is 8.32 Å². The fourth-order valence-electron chi connectivity index (χ4n) is 0.498. The van der Waals surface area contributed by atoms with Gasteiger partial charge in [-0.25, -0.2) is 0 Å². The molecule has 0 spiro atoms. The first kappa shape index (κ1) is 12.6. The minimum absolute atomic E-state index is 0.0531. The van der Waals surface area contributed by atoms with Gasteiger partial charge in [-0.1, -0.05) is 20.8 Å². The molecule has 1 atom stereocenters. The Hall–Kier alpha value is -0.353. The molecule has 0 aromatic rings. The first-order chi connectivity index (χ1) is 5.58. The Labute approximate surface area is 81.8 Å². The highest BCUT2D eigenvalue weighted by Gasteiger charge is 2.40. The lowest BCUT2D eigenvalue weighted by Crippen LogP contribution is -2.46. The van der Waals surface area contributed by atoms with Crippen molar-refractivity contribution in [3.05, 3.63) is 0 Å². The van der Waals surface area contributed by atoms with Crippen LogP contribution in [0, 0.1) is 0 Å². The Balaban J connectivity index is 4.44. The molecule has 0 rings (SSSR count). The molecule has 0 fully saturated rings. The third-order valence-corrected chi connectivity index (χ3v) is 6.86. The summed E-state index contributed by atoms with van der Waals surface area (Å²) in [5.74, 6) is -0.286. The van der Waals surface area contributed by atoms with Crippen molar-refractivity contribution in [1.82, 2.24) is 0 Å². The van der Waals surface area contributed by atoms with Gasteiger partial charge in [0.1, 0.15) is 0 Å². The molecule has 0 heterocycles. The van der Waals surface area contributed by atoms with E-state index < -0.39 is 14.4 Å². The summed E-state index contributed by atoms with van der Waals surface area (Å²) >= 11 is 0. The van der Waals surface area contributed by atoms with Gasteiger partial charge < -0.3 is 10.2 Å². The molecule has 0 aromatic heterocycles. The molecule has 0 aliphatic carbocycles. The van der Waals surface area contributed by atoms with Crippen LogP contribution in [0.3, 0.4) is 0 Å². The zero-order valence-corrected chi connectivity index (χ0v) is 10.5. The standard InChI is InChI=1S/C9H21NO2Si/c1-7(10)8(11)12-13(5,6)9(2,3)4/h7H,10H2,1-6H3. The largest absolute Gasteiger partial charge is 0.518 e. The molecule has 0 saturated heterocycles. The molecule has 13 heavy (non-hydrogen) atoms. The summed E-state index contributed by atoms with van der Waals surface area (Å²) in [6.07, 6.45) is 0. The molecule has 0 aliphatic rings. The van der Waals surface area contributed by atoms with Crippen LogP contribution in [0.25, 0.3) is 0 Å². The quantitative estimate of drug-likeness (QED) is 0.697. The maximum atomic E-state index is 11.3. The van der Waals surface area contributed by atoms with Crippen molar-refractivity contribution in [1.29, 1.82) is 0 Å². The molecule has 0 saturated carbocycles. The number of nitrogens with two attached hydrogens (primary N) is 1. The summed E-state index contributed by atoms with van der Waals surface area (Å²) in [5, 5.41) is 0.0531. The lowest BCUT2D eigenvalue weighted by molar-refractivity contribution is -0.136. The van der Waals surface area contributed by atoms with Crippen molar-refractivity contribution < 1.29 is 9.22 Å². The van der Waals surface area contributed by atoms with Crippen LogP contribution in [-0.4, -0.2) is 20.3 Å². The minimum atomic E-state index is -1.96. The predicted molar refractivity (Wildman–Crippen MR) is 56.9 cm³/mol. The van der Waals surface area contributed by atoms with Gasteiger partial charge >= 0.3 is 5.97 Å². The maximum absolute atomic E-state index is 11.3. The fourth-order valence-corrected chi connectivity index (χ4v) is 1.49. The van der Waals surface area contributed by atoms with Gasteiger partial charge in [-0.05, 0) is 25.1 Å². The normalized spacial score (nSPS) is 15.3. The van der Waals surface area contributed by atoms with Crippen molar-refractivity contribution >= 4 is 14.3 Å². The van der Waals surface area contributed by atoms with E-state index in [1.807, 2.05) is 13.1 Å². The zero-order chi connectivity index (χ0) is 10.9. The van der Waals surface area contributed by atoms with Gasteiger partial charge in [-0.3, -0.25) is 4.79 Å². The molecule has 0 bridgehead atoms. The lowest BCUT2D eigenvalue weighted by Gasteiger charge is -2.35. The van der Waals surface area contributed by atoms with Crippen LogP contribution in [0.5, 0.6) is 0 Å². The van der Waals surface area contributed by atoms with E-state index in [-0.39, 0.29) is 11.0 Å². The predicted octanol–water partition coefficient (Wildman–Crippen LogP) is 1.88. The molecule has 0 amide bonds. The van der Waals surface area contributed by atoms with E-state index in [1.54, 1.807) is 6.92 Å². The van der Waals surface area contributed by atoms with Crippen LogP contribution in [0.2, 0.25) is 18.1 Å². The second kappa shape index (κ2) is 3.80. The first-order valence-corrected chi connectivity index (χ1v) is 7.47. The first-order valence-electron chi connectivity index (χ1n) is 4.56. The Morgan fingerprint density at radius 3 is 2.00 bits per heavy atom. The average molecular weight is 203 g/mol. The Kier molecular flexibility index (Phi) is 3.69. The number of hydrogen-bond donors (Lipinski definition) is 1. The smallest absolute Gasteiger partial charge is 0.309 e. The van der Waals surface area contributed by atoms with E-state index >= 15 is 0 Å². The molecular weight excluding hydrogens is 182 g/mol. The van der Waals surface area contributed by atoms with Crippen LogP contribution >= 0.6 is 0 Å². The SMILES string of the molecule is CC(N)C(=O)O[Si](C)(C)C(C)(C)C. The van der Waals surface area contributed by atoms with Crippen LogP contribution in [0.4, 0.5) is 0 Å². The van der Waals surface area contributed by atoms with E-state index in [2.05, 4.69) is 20.8 Å². The molecule has 78 valence electrons. The molecule has 0 aromatic carbocycles. The zero-order valence-electron chi connectivity index (χ0n) is 9.47. The summed E-state index contributed by atoms with van der Waals surface area (Å²) < 4.78 is 5.44. The summed E-state index contributed by atoms with van der Waals surface area (Å²) in [4.78, 5) is 11.3. The third-order valence-electron chi connectivity index (χ3n) is 2.53. The van der Waals surface area contributed by atoms with Gasteiger partial charge in [0.2, 0.25) is 0 Å². The second-order valence-corrected chi connectivity index (χ2v) is 9.69. The number of hydrogen-bond acceptors (Lipinski definition) is 3. The third kappa shape index (κ3) is 3.48. The van der Waals surface area contributed by atoms with E-state index in [0.717, 1.165) is 0 Å². The Bertz CT molecular complexity index is 194. The van der Waals surface area contributed by atoms with E-state index in [4.69, 9.17) is 10.2 Å². The van der Waals surface area contributed by atoms with Crippen LogP contribution < -0.4 is 5.73 Å². The maximum Gasteiger partial charge on any atom is 0.309 e. The van der Waals surface area contributed by atoms with Gasteiger partial charge in [0.15, 0.2) is 0 Å². The van der Waals surface area contributed by atoms with Crippen LogP contribution in [-0.2, 0) is 9.22 Å². The highest BCUT2D eigenvalue weighted by molar-refractivity contribution is 6.75. The summed E-state index contributed by atoms with van der Waals surface area (Å²) in [6, 6.07) is -0.519. The van der Waals surface area contributed by atoms with E-state index in [0.29, 0.717) is 0 Å². The van der Waals surface area contributed by atoms with Crippen molar-refractivity contribution in [3.63, 3.8) is 0 Å². The number of carbonyl (C=O) groups is 1. The second-order valence-electron chi connectivity index (χ2n) is 4.97. The van der Waals surface area contributed by atoms with E-state index in [9.17, 15) is 4.79 Å². The number of carbonyl (C=O) groups excluding carboxylic acids is 1. The highest BCUT2D eigenvalue weighted by Crippen LogP contribution is 2.36. The fraction of sp³-hybridized carbons (Fsp3) is 0.889. The molecule has 4 heteroatoms. The molecule has 2 N–H and O–H groups in total. The summed E-state index contributed by atoms with van der Waals surface area (Å²) in [6.45, 7) is 12.0. The molecule has 3 nitrogen and oxygen atoms in total. The van der Waals surface area contributed by atoms with Gasteiger partial charge in [-0.2, -0.15) is 0 Å². The molecule has 0 radical (unpaired) electrons. The molecule has 1 unspecified atom stereocenters. The topological polar surface area (TPSA) is 52.3 Å². The highest BCUT2D eigenvalue weighted by atomic mass is 28.4. The van der Waals surface area contributed by atoms with Gasteiger partial charge in [0.05, 0.1) is 6.04 Å². The number of rotatable bonds is 2. The van der Waals surface area contributed by atoms with Crippen LogP contribution in [0.1, 0.15) is 27.7 Å². The monoisotopic (exact) mass is 203 g/mol. The van der Waals surface area contributed by atoms with Gasteiger partial charge in [-0.15, -0.1) is 0 Å².